The summed E-state index contributed by atoms with van der Waals surface area (Å²) in [6, 6.07) is 12.3. The van der Waals surface area contributed by atoms with E-state index in [1.165, 1.54) is 12.3 Å². The smallest absolute Gasteiger partial charge is 0.229 e. The summed E-state index contributed by atoms with van der Waals surface area (Å²) >= 11 is 0. The summed E-state index contributed by atoms with van der Waals surface area (Å²) in [5, 5.41) is 5.85. The van der Waals surface area contributed by atoms with Crippen molar-refractivity contribution in [3.8, 4) is 5.75 Å². The largest absolute Gasteiger partial charge is 0.494 e. The Balaban J connectivity index is 1.72. The van der Waals surface area contributed by atoms with Gasteiger partial charge >= 0.3 is 0 Å². The summed E-state index contributed by atoms with van der Waals surface area (Å²) in [6.07, 6.45) is 1.54. The fourth-order valence-corrected chi connectivity index (χ4v) is 2.15. The fraction of sp³-hybridized carbons (Fsp3) is 0.111. The molecule has 0 radical (unpaired) electrons. The highest BCUT2D eigenvalue weighted by atomic mass is 19.1. The number of rotatable bonds is 6. The number of nitrogens with one attached hydrogen (secondary N) is 2. The Morgan fingerprint density at radius 3 is 2.52 bits per heavy atom. The van der Waals surface area contributed by atoms with E-state index in [0.29, 0.717) is 12.4 Å². The predicted octanol–water partition coefficient (Wildman–Crippen LogP) is 4.64. The van der Waals surface area contributed by atoms with Crippen molar-refractivity contribution in [1.29, 1.82) is 0 Å². The van der Waals surface area contributed by atoms with Crippen LogP contribution in [0.3, 0.4) is 0 Å². The topological polar surface area (TPSA) is 59.1 Å². The van der Waals surface area contributed by atoms with E-state index in [4.69, 9.17) is 4.74 Å². The number of halogens is 2. The number of ether oxygens (including phenoxy) is 1. The Kier molecular flexibility index (Phi) is 5.03. The average molecular weight is 342 g/mol. The summed E-state index contributed by atoms with van der Waals surface area (Å²) in [5.74, 6) is 0.152. The third-order valence-electron chi connectivity index (χ3n) is 3.27. The molecule has 1 heterocycles. The lowest BCUT2D eigenvalue weighted by Gasteiger charge is -2.10. The lowest BCUT2D eigenvalue weighted by molar-refractivity contribution is 0.340. The maximum atomic E-state index is 13.7. The molecule has 1 aromatic heterocycles. The van der Waals surface area contributed by atoms with Gasteiger partial charge in [-0.3, -0.25) is 0 Å². The van der Waals surface area contributed by atoms with E-state index in [-0.39, 0.29) is 11.6 Å². The minimum absolute atomic E-state index is 0.0969. The van der Waals surface area contributed by atoms with E-state index in [1.54, 1.807) is 6.07 Å². The molecule has 0 saturated carbocycles. The van der Waals surface area contributed by atoms with Crippen LogP contribution in [0.1, 0.15) is 6.92 Å². The highest BCUT2D eigenvalue weighted by molar-refractivity contribution is 5.60. The molecule has 5 nitrogen and oxygen atoms in total. The van der Waals surface area contributed by atoms with Gasteiger partial charge < -0.3 is 15.4 Å². The van der Waals surface area contributed by atoms with Crippen LogP contribution in [-0.4, -0.2) is 16.6 Å². The van der Waals surface area contributed by atoms with E-state index >= 15 is 0 Å². The quantitative estimate of drug-likeness (QED) is 0.683. The van der Waals surface area contributed by atoms with Crippen LogP contribution in [0.15, 0.2) is 54.7 Å². The standard InChI is InChI=1S/C18H16F2N4O/c1-2-25-14-6-4-13(5-7-14)22-17-9-10-21-18(24-17)23-16-8-3-12(19)11-15(16)20/h3-11H,2H2,1H3,(H2,21,22,23,24). The zero-order valence-electron chi connectivity index (χ0n) is 13.5. The number of nitrogens with zero attached hydrogens (tertiary/aromatic N) is 2. The van der Waals surface area contributed by atoms with Crippen molar-refractivity contribution < 1.29 is 13.5 Å². The Labute approximate surface area is 143 Å². The van der Waals surface area contributed by atoms with Gasteiger partial charge in [-0.2, -0.15) is 4.98 Å². The van der Waals surface area contributed by atoms with Gasteiger partial charge in [0.2, 0.25) is 5.95 Å². The molecule has 0 bridgehead atoms. The van der Waals surface area contributed by atoms with Gasteiger partial charge in [0, 0.05) is 18.0 Å². The first-order valence-electron chi connectivity index (χ1n) is 7.69. The molecule has 0 atom stereocenters. The molecule has 3 aromatic rings. The molecule has 2 aromatic carbocycles. The van der Waals surface area contributed by atoms with Gasteiger partial charge in [0.15, 0.2) is 0 Å². The van der Waals surface area contributed by atoms with Crippen LogP contribution in [-0.2, 0) is 0 Å². The number of hydrogen-bond donors (Lipinski definition) is 2. The van der Waals surface area contributed by atoms with Crippen molar-refractivity contribution in [1.82, 2.24) is 9.97 Å². The fourth-order valence-electron chi connectivity index (χ4n) is 2.15. The molecule has 3 rings (SSSR count). The van der Waals surface area contributed by atoms with Crippen molar-refractivity contribution in [3.63, 3.8) is 0 Å². The Hall–Kier alpha value is -3.22. The van der Waals surface area contributed by atoms with Crippen molar-refractivity contribution in [2.24, 2.45) is 0 Å². The second-order valence-corrected chi connectivity index (χ2v) is 5.10. The van der Waals surface area contributed by atoms with E-state index in [9.17, 15) is 8.78 Å². The first-order valence-corrected chi connectivity index (χ1v) is 7.69. The first kappa shape index (κ1) is 16.6. The van der Waals surface area contributed by atoms with Crippen LogP contribution in [0.2, 0.25) is 0 Å². The minimum Gasteiger partial charge on any atom is -0.494 e. The van der Waals surface area contributed by atoms with E-state index in [2.05, 4.69) is 20.6 Å². The highest BCUT2D eigenvalue weighted by Crippen LogP contribution is 2.21. The highest BCUT2D eigenvalue weighted by Gasteiger charge is 2.06. The van der Waals surface area contributed by atoms with Crippen molar-refractivity contribution in [2.45, 2.75) is 6.92 Å². The molecular formula is C18H16F2N4O. The molecule has 25 heavy (non-hydrogen) atoms. The molecule has 0 saturated heterocycles. The molecular weight excluding hydrogens is 326 g/mol. The summed E-state index contributed by atoms with van der Waals surface area (Å²) in [4.78, 5) is 8.30. The number of anilines is 4. The predicted molar refractivity (Wildman–Crippen MR) is 92.6 cm³/mol. The summed E-state index contributed by atoms with van der Waals surface area (Å²) in [7, 11) is 0. The van der Waals surface area contributed by atoms with Crippen LogP contribution in [0.4, 0.5) is 31.9 Å². The summed E-state index contributed by atoms with van der Waals surface area (Å²) in [6.45, 7) is 2.53. The molecule has 0 amide bonds. The van der Waals surface area contributed by atoms with Crippen molar-refractivity contribution in [2.75, 3.05) is 17.2 Å². The lowest BCUT2D eigenvalue weighted by Crippen LogP contribution is -2.02. The second kappa shape index (κ2) is 7.57. The van der Waals surface area contributed by atoms with Crippen molar-refractivity contribution in [3.05, 3.63) is 66.4 Å². The van der Waals surface area contributed by atoms with Gasteiger partial charge in [-0.05, 0) is 49.4 Å². The molecule has 0 fully saturated rings. The van der Waals surface area contributed by atoms with Crippen molar-refractivity contribution >= 4 is 23.1 Å². The maximum absolute atomic E-state index is 13.7. The van der Waals surface area contributed by atoms with Crippen LogP contribution < -0.4 is 15.4 Å². The average Bonchev–Trinajstić information content (AvgIpc) is 2.60. The van der Waals surface area contributed by atoms with Gasteiger partial charge in [0.25, 0.3) is 0 Å². The van der Waals surface area contributed by atoms with E-state index < -0.39 is 11.6 Å². The van der Waals surface area contributed by atoms with Crippen LogP contribution in [0, 0.1) is 11.6 Å². The molecule has 2 N–H and O–H groups in total. The van der Waals surface area contributed by atoms with Gasteiger partial charge in [-0.25, -0.2) is 13.8 Å². The molecule has 0 aliphatic rings. The zero-order valence-corrected chi connectivity index (χ0v) is 13.5. The minimum atomic E-state index is -0.714. The Morgan fingerprint density at radius 2 is 1.80 bits per heavy atom. The lowest BCUT2D eigenvalue weighted by atomic mass is 10.3. The number of hydrogen-bond acceptors (Lipinski definition) is 5. The van der Waals surface area contributed by atoms with Gasteiger partial charge in [0.05, 0.1) is 12.3 Å². The van der Waals surface area contributed by atoms with Crippen LogP contribution in [0.5, 0.6) is 5.75 Å². The van der Waals surface area contributed by atoms with E-state index in [1.807, 2.05) is 31.2 Å². The number of benzene rings is 2. The first-order chi connectivity index (χ1) is 12.1. The molecule has 0 spiro atoms. The zero-order chi connectivity index (χ0) is 17.6. The summed E-state index contributed by atoms with van der Waals surface area (Å²) < 4.78 is 32.0. The number of aromatic nitrogens is 2. The maximum Gasteiger partial charge on any atom is 0.229 e. The molecule has 7 heteroatoms. The van der Waals surface area contributed by atoms with Crippen LogP contribution in [0.25, 0.3) is 0 Å². The summed E-state index contributed by atoms with van der Waals surface area (Å²) in [5.41, 5.74) is 0.917. The van der Waals surface area contributed by atoms with Gasteiger partial charge in [-0.1, -0.05) is 0 Å². The third-order valence-corrected chi connectivity index (χ3v) is 3.27. The molecule has 0 aliphatic heterocycles. The molecule has 128 valence electrons. The third kappa shape index (κ3) is 4.41. The van der Waals surface area contributed by atoms with E-state index in [0.717, 1.165) is 23.6 Å². The Bertz CT molecular complexity index is 856. The Morgan fingerprint density at radius 1 is 1.00 bits per heavy atom. The van der Waals surface area contributed by atoms with Gasteiger partial charge in [-0.15, -0.1) is 0 Å². The molecule has 0 unspecified atom stereocenters. The van der Waals surface area contributed by atoms with Gasteiger partial charge in [0.1, 0.15) is 23.2 Å². The molecule has 0 aliphatic carbocycles. The second-order valence-electron chi connectivity index (χ2n) is 5.10. The normalized spacial score (nSPS) is 10.4. The van der Waals surface area contributed by atoms with Crippen LogP contribution >= 0.6 is 0 Å². The monoisotopic (exact) mass is 342 g/mol. The SMILES string of the molecule is CCOc1ccc(Nc2ccnc(Nc3ccc(F)cc3F)n2)cc1.